The van der Waals surface area contributed by atoms with Crippen LogP contribution in [0, 0.1) is 5.92 Å². The quantitative estimate of drug-likeness (QED) is 0.647. The molecule has 0 saturated carbocycles. The van der Waals surface area contributed by atoms with E-state index in [1.807, 2.05) is 30.3 Å². The van der Waals surface area contributed by atoms with E-state index in [4.69, 9.17) is 8.94 Å². The molecule has 3 aromatic rings. The van der Waals surface area contributed by atoms with Gasteiger partial charge in [-0.15, -0.1) is 0 Å². The summed E-state index contributed by atoms with van der Waals surface area (Å²) in [6.07, 6.45) is 3.28. The molecule has 26 heavy (non-hydrogen) atoms. The minimum atomic E-state index is 0.0130. The van der Waals surface area contributed by atoms with Gasteiger partial charge in [-0.05, 0) is 45.0 Å². The van der Waals surface area contributed by atoms with Gasteiger partial charge in [-0.1, -0.05) is 35.5 Å². The number of carbonyl (C=O) groups is 1. The Bertz CT molecular complexity index is 850. The number of nitrogens with zero attached hydrogens (tertiary/aromatic N) is 3. The number of hydrogen-bond donors (Lipinski definition) is 0. The van der Waals surface area contributed by atoms with Crippen LogP contribution < -0.4 is 0 Å². The molecule has 1 aliphatic rings. The molecule has 6 heteroatoms. The van der Waals surface area contributed by atoms with Crippen LogP contribution in [0.4, 0.5) is 0 Å². The van der Waals surface area contributed by atoms with E-state index in [9.17, 15) is 4.79 Å². The Hall–Kier alpha value is -2.73. The number of carbonyl (C=O) groups excluding carboxylic acids is 1. The van der Waals surface area contributed by atoms with Crippen LogP contribution in [0.15, 0.2) is 57.7 Å². The third-order valence-corrected chi connectivity index (χ3v) is 5.05. The standard InChI is InChI=1S/C20H21N3O3/c1-14(20-21-19(22-26-20)17-8-5-13-25-17)23-11-9-16(10-12-23)18(24)15-6-3-2-4-7-15/h2-8,13-14,16H,9-12H2,1H3. The van der Waals surface area contributed by atoms with Gasteiger partial charge >= 0.3 is 0 Å². The summed E-state index contributed by atoms with van der Waals surface area (Å²) in [5.41, 5.74) is 0.805. The van der Waals surface area contributed by atoms with Gasteiger partial charge in [-0.25, -0.2) is 0 Å². The Morgan fingerprint density at radius 3 is 2.62 bits per heavy atom. The summed E-state index contributed by atoms with van der Waals surface area (Å²) < 4.78 is 10.7. The molecule has 1 fully saturated rings. The summed E-state index contributed by atoms with van der Waals surface area (Å²) in [7, 11) is 0. The largest absolute Gasteiger partial charge is 0.461 e. The van der Waals surface area contributed by atoms with E-state index in [0.717, 1.165) is 31.5 Å². The molecule has 0 amide bonds. The minimum absolute atomic E-state index is 0.0130. The highest BCUT2D eigenvalue weighted by molar-refractivity contribution is 5.97. The van der Waals surface area contributed by atoms with E-state index < -0.39 is 0 Å². The van der Waals surface area contributed by atoms with Crippen molar-refractivity contribution >= 4 is 5.78 Å². The van der Waals surface area contributed by atoms with Crippen molar-refractivity contribution in [3.05, 3.63) is 60.2 Å². The molecule has 1 aliphatic heterocycles. The first-order chi connectivity index (χ1) is 12.7. The molecule has 3 heterocycles. The van der Waals surface area contributed by atoms with Crippen molar-refractivity contribution in [2.75, 3.05) is 13.1 Å². The third kappa shape index (κ3) is 3.32. The molecule has 0 aliphatic carbocycles. The topological polar surface area (TPSA) is 72.4 Å². The van der Waals surface area contributed by atoms with Crippen LogP contribution >= 0.6 is 0 Å². The van der Waals surface area contributed by atoms with Crippen LogP contribution in [-0.2, 0) is 0 Å². The van der Waals surface area contributed by atoms with Crippen LogP contribution in [0.2, 0.25) is 0 Å². The zero-order valence-electron chi connectivity index (χ0n) is 14.7. The van der Waals surface area contributed by atoms with Crippen molar-refractivity contribution in [3.63, 3.8) is 0 Å². The van der Waals surface area contributed by atoms with Gasteiger partial charge in [0.1, 0.15) is 0 Å². The van der Waals surface area contributed by atoms with Gasteiger partial charge in [0.2, 0.25) is 11.7 Å². The van der Waals surface area contributed by atoms with E-state index in [1.54, 1.807) is 18.4 Å². The lowest BCUT2D eigenvalue weighted by atomic mass is 9.88. The van der Waals surface area contributed by atoms with Crippen molar-refractivity contribution in [1.29, 1.82) is 0 Å². The van der Waals surface area contributed by atoms with Crippen molar-refractivity contribution in [3.8, 4) is 11.6 Å². The first-order valence-electron chi connectivity index (χ1n) is 8.93. The van der Waals surface area contributed by atoms with E-state index in [0.29, 0.717) is 17.5 Å². The number of likely N-dealkylation sites (tertiary alicyclic amines) is 1. The molecule has 0 spiro atoms. The molecule has 4 rings (SSSR count). The SMILES string of the molecule is CC(c1nc(-c2ccco2)no1)N1CCC(C(=O)c2ccccc2)CC1. The Labute approximate surface area is 151 Å². The predicted molar refractivity (Wildman–Crippen MR) is 95.5 cm³/mol. The van der Waals surface area contributed by atoms with Gasteiger partial charge in [-0.3, -0.25) is 9.69 Å². The highest BCUT2D eigenvalue weighted by atomic mass is 16.5. The van der Waals surface area contributed by atoms with E-state index in [-0.39, 0.29) is 17.7 Å². The van der Waals surface area contributed by atoms with Gasteiger partial charge in [0, 0.05) is 11.5 Å². The summed E-state index contributed by atoms with van der Waals surface area (Å²) in [4.78, 5) is 19.3. The number of Topliss-reactive ketones (excluding diaryl/α,β-unsaturated/α-hetero) is 1. The molecule has 1 unspecified atom stereocenters. The maximum atomic E-state index is 12.6. The number of rotatable bonds is 5. The third-order valence-electron chi connectivity index (χ3n) is 5.05. The molecule has 1 saturated heterocycles. The van der Waals surface area contributed by atoms with Crippen LogP contribution in [0.1, 0.15) is 42.1 Å². The molecule has 134 valence electrons. The monoisotopic (exact) mass is 351 g/mol. The normalized spacial score (nSPS) is 17.3. The summed E-state index contributed by atoms with van der Waals surface area (Å²) >= 11 is 0. The molecule has 1 atom stereocenters. The molecule has 0 radical (unpaired) electrons. The van der Waals surface area contributed by atoms with Crippen LogP contribution in [0.5, 0.6) is 0 Å². The second kappa shape index (κ2) is 7.25. The maximum Gasteiger partial charge on any atom is 0.244 e. The fourth-order valence-corrected chi connectivity index (χ4v) is 3.45. The van der Waals surface area contributed by atoms with Gasteiger partial charge in [0.25, 0.3) is 0 Å². The fraction of sp³-hybridized carbons (Fsp3) is 0.350. The smallest absolute Gasteiger partial charge is 0.244 e. The average Bonchev–Trinajstić information content (AvgIpc) is 3.39. The molecule has 1 aromatic carbocycles. The molecule has 0 N–H and O–H groups in total. The molecular weight excluding hydrogens is 330 g/mol. The van der Waals surface area contributed by atoms with Crippen molar-refractivity contribution < 1.29 is 13.7 Å². The van der Waals surface area contributed by atoms with Gasteiger partial charge in [-0.2, -0.15) is 4.98 Å². The Morgan fingerprint density at radius 2 is 1.92 bits per heavy atom. The highest BCUT2D eigenvalue weighted by Gasteiger charge is 2.30. The zero-order valence-corrected chi connectivity index (χ0v) is 14.7. The van der Waals surface area contributed by atoms with Crippen molar-refractivity contribution in [2.24, 2.45) is 5.92 Å². The molecular formula is C20H21N3O3. The Morgan fingerprint density at radius 1 is 1.15 bits per heavy atom. The number of hydrogen-bond acceptors (Lipinski definition) is 6. The summed E-state index contributed by atoms with van der Waals surface area (Å²) in [5.74, 6) is 1.97. The maximum absolute atomic E-state index is 12.6. The summed E-state index contributed by atoms with van der Waals surface area (Å²) in [5, 5.41) is 4.00. The van der Waals surface area contributed by atoms with E-state index in [1.165, 1.54) is 0 Å². The Balaban J connectivity index is 1.38. The van der Waals surface area contributed by atoms with Gasteiger partial charge < -0.3 is 8.94 Å². The number of benzene rings is 1. The second-order valence-electron chi connectivity index (χ2n) is 6.65. The number of aromatic nitrogens is 2. The van der Waals surface area contributed by atoms with Crippen molar-refractivity contribution in [1.82, 2.24) is 15.0 Å². The molecule has 0 bridgehead atoms. The Kier molecular flexibility index (Phi) is 4.67. The van der Waals surface area contributed by atoms with Crippen LogP contribution in [0.3, 0.4) is 0 Å². The molecule has 2 aromatic heterocycles. The van der Waals surface area contributed by atoms with Crippen LogP contribution in [-0.4, -0.2) is 33.9 Å². The predicted octanol–water partition coefficient (Wildman–Crippen LogP) is 3.99. The lowest BCUT2D eigenvalue weighted by molar-refractivity contribution is 0.0775. The number of ketones is 1. The number of furan rings is 1. The van der Waals surface area contributed by atoms with Crippen molar-refractivity contribution in [2.45, 2.75) is 25.8 Å². The minimum Gasteiger partial charge on any atom is -0.461 e. The first kappa shape index (κ1) is 16.7. The van der Waals surface area contributed by atoms with E-state index >= 15 is 0 Å². The average molecular weight is 351 g/mol. The fourth-order valence-electron chi connectivity index (χ4n) is 3.45. The lowest BCUT2D eigenvalue weighted by Crippen LogP contribution is -2.38. The second-order valence-corrected chi connectivity index (χ2v) is 6.65. The van der Waals surface area contributed by atoms with Gasteiger partial charge in [0.05, 0.1) is 12.3 Å². The lowest BCUT2D eigenvalue weighted by Gasteiger charge is -2.33. The zero-order chi connectivity index (χ0) is 17.9. The summed E-state index contributed by atoms with van der Waals surface area (Å²) in [6.45, 7) is 3.73. The first-order valence-corrected chi connectivity index (χ1v) is 8.93. The highest BCUT2D eigenvalue weighted by Crippen LogP contribution is 2.28. The van der Waals surface area contributed by atoms with E-state index in [2.05, 4.69) is 22.0 Å². The van der Waals surface area contributed by atoms with Crippen LogP contribution in [0.25, 0.3) is 11.6 Å². The molecule has 6 nitrogen and oxygen atoms in total. The summed E-state index contributed by atoms with van der Waals surface area (Å²) in [6, 6.07) is 13.2. The number of piperidine rings is 1. The van der Waals surface area contributed by atoms with Gasteiger partial charge in [0.15, 0.2) is 11.5 Å².